The lowest BCUT2D eigenvalue weighted by Crippen LogP contribution is -2.49. The molecule has 7 heteroatoms. The minimum absolute atomic E-state index is 0.106. The second-order valence-corrected chi connectivity index (χ2v) is 7.54. The van der Waals surface area contributed by atoms with Crippen molar-refractivity contribution in [2.24, 2.45) is 0 Å². The molecule has 21 heavy (non-hydrogen) atoms. The Bertz CT molecular complexity index is 604. The molecule has 1 saturated heterocycles. The van der Waals surface area contributed by atoms with E-state index < -0.39 is 20.9 Å². The maximum atomic E-state index is 13.8. The molecule has 0 spiro atoms. The summed E-state index contributed by atoms with van der Waals surface area (Å²) in [6, 6.07) is 2.96. The van der Waals surface area contributed by atoms with Gasteiger partial charge in [0.1, 0.15) is 0 Å². The second kappa shape index (κ2) is 5.98. The van der Waals surface area contributed by atoms with Crippen LogP contribution >= 0.6 is 0 Å². The minimum Gasteiger partial charge on any atom is -0.312 e. The minimum atomic E-state index is -3.86. The zero-order valence-corrected chi connectivity index (χ0v) is 12.7. The maximum absolute atomic E-state index is 13.8. The van der Waals surface area contributed by atoms with Gasteiger partial charge in [-0.15, -0.1) is 0 Å². The van der Waals surface area contributed by atoms with Crippen LogP contribution in [0.25, 0.3) is 0 Å². The van der Waals surface area contributed by atoms with E-state index in [1.54, 1.807) is 0 Å². The van der Waals surface area contributed by atoms with E-state index >= 15 is 0 Å². The number of piperidine rings is 1. The highest BCUT2D eigenvalue weighted by Crippen LogP contribution is 2.26. The van der Waals surface area contributed by atoms with Gasteiger partial charge in [-0.1, -0.05) is 6.42 Å². The van der Waals surface area contributed by atoms with E-state index in [-0.39, 0.29) is 6.04 Å². The maximum Gasteiger partial charge on any atom is 0.263 e. The number of rotatable bonds is 5. The average molecular weight is 313 g/mol. The van der Waals surface area contributed by atoms with Gasteiger partial charge in [0.05, 0.1) is 0 Å². The van der Waals surface area contributed by atoms with Crippen LogP contribution in [0.4, 0.5) is 4.39 Å². The molecule has 2 fully saturated rings. The third-order valence-electron chi connectivity index (χ3n) is 4.07. The Morgan fingerprint density at radius 2 is 2.14 bits per heavy atom. The quantitative estimate of drug-likeness (QED) is 0.895. The van der Waals surface area contributed by atoms with Crippen molar-refractivity contribution in [2.45, 2.75) is 49.2 Å². The fourth-order valence-electron chi connectivity index (χ4n) is 2.76. The zero-order chi connectivity index (χ0) is 14.9. The normalized spacial score (nSPS) is 24.1. The van der Waals surface area contributed by atoms with Gasteiger partial charge in [-0.2, -0.15) is 4.31 Å². The monoisotopic (exact) mass is 313 g/mol. The Morgan fingerprint density at radius 1 is 1.33 bits per heavy atom. The van der Waals surface area contributed by atoms with Crippen molar-refractivity contribution in [3.8, 4) is 0 Å². The molecule has 5 nitrogen and oxygen atoms in total. The standard InChI is InChI=1S/C14H20FN3O2S/c15-13-5-3-8-16-14(13)21(19,20)18-9-2-1-4-12(18)10-17-11-6-7-11/h3,5,8,11-12,17H,1-2,4,6-7,9-10H2. The second-order valence-electron chi connectivity index (χ2n) is 5.74. The van der Waals surface area contributed by atoms with E-state index in [1.165, 1.54) is 16.6 Å². The molecule has 2 aliphatic rings. The first-order valence-corrected chi connectivity index (χ1v) is 8.89. The third-order valence-corrected chi connectivity index (χ3v) is 5.96. The Labute approximate surface area is 124 Å². The molecule has 1 aliphatic carbocycles. The SMILES string of the molecule is O=S(=O)(c1ncccc1F)N1CCCCC1CNC1CC1. The summed E-state index contributed by atoms with van der Waals surface area (Å²) in [7, 11) is -3.86. The van der Waals surface area contributed by atoms with Gasteiger partial charge in [-0.25, -0.2) is 17.8 Å². The van der Waals surface area contributed by atoms with Gasteiger partial charge in [-0.3, -0.25) is 0 Å². The summed E-state index contributed by atoms with van der Waals surface area (Å²) in [6.07, 6.45) is 6.27. The molecular weight excluding hydrogens is 293 g/mol. The molecule has 3 rings (SSSR count). The summed E-state index contributed by atoms with van der Waals surface area (Å²) in [6.45, 7) is 1.08. The van der Waals surface area contributed by atoms with Crippen LogP contribution in [0.15, 0.2) is 23.4 Å². The molecule has 1 saturated carbocycles. The van der Waals surface area contributed by atoms with Crippen LogP contribution in [0.1, 0.15) is 32.1 Å². The molecule has 1 aromatic heterocycles. The summed E-state index contributed by atoms with van der Waals surface area (Å²) >= 11 is 0. The first-order chi connectivity index (χ1) is 10.1. The molecule has 0 amide bonds. The Morgan fingerprint density at radius 3 is 2.86 bits per heavy atom. The lowest BCUT2D eigenvalue weighted by atomic mass is 10.1. The summed E-state index contributed by atoms with van der Waals surface area (Å²) in [5.74, 6) is -0.781. The van der Waals surface area contributed by atoms with Crippen molar-refractivity contribution >= 4 is 10.0 Å². The third kappa shape index (κ3) is 3.25. The first-order valence-electron chi connectivity index (χ1n) is 7.45. The molecule has 116 valence electrons. The van der Waals surface area contributed by atoms with Crippen molar-refractivity contribution in [3.05, 3.63) is 24.1 Å². The fraction of sp³-hybridized carbons (Fsp3) is 0.643. The van der Waals surface area contributed by atoms with Crippen LogP contribution in [0.2, 0.25) is 0 Å². The van der Waals surface area contributed by atoms with Crippen LogP contribution in [-0.4, -0.2) is 42.9 Å². The van der Waals surface area contributed by atoms with Gasteiger partial charge in [0, 0.05) is 31.4 Å². The highest BCUT2D eigenvalue weighted by molar-refractivity contribution is 7.89. The Kier molecular flexibility index (Phi) is 4.24. The molecule has 2 heterocycles. The Hall–Kier alpha value is -1.05. The molecule has 0 aromatic carbocycles. The van der Waals surface area contributed by atoms with Gasteiger partial charge >= 0.3 is 0 Å². The summed E-state index contributed by atoms with van der Waals surface area (Å²) < 4.78 is 40.6. The predicted molar refractivity (Wildman–Crippen MR) is 76.8 cm³/mol. The summed E-state index contributed by atoms with van der Waals surface area (Å²) in [4.78, 5) is 3.74. The van der Waals surface area contributed by atoms with Crippen LogP contribution in [-0.2, 0) is 10.0 Å². The van der Waals surface area contributed by atoms with Gasteiger partial charge < -0.3 is 5.32 Å². The molecule has 1 aliphatic heterocycles. The molecule has 1 atom stereocenters. The van der Waals surface area contributed by atoms with Crippen molar-refractivity contribution in [1.29, 1.82) is 0 Å². The van der Waals surface area contributed by atoms with Crippen molar-refractivity contribution in [3.63, 3.8) is 0 Å². The molecule has 1 unspecified atom stereocenters. The topological polar surface area (TPSA) is 62.3 Å². The van der Waals surface area contributed by atoms with Crippen molar-refractivity contribution in [1.82, 2.24) is 14.6 Å². The number of hydrogen-bond acceptors (Lipinski definition) is 4. The van der Waals surface area contributed by atoms with Gasteiger partial charge in [0.2, 0.25) is 5.03 Å². The van der Waals surface area contributed by atoms with E-state index in [2.05, 4.69) is 10.3 Å². The molecule has 1 N–H and O–H groups in total. The Balaban J connectivity index is 1.82. The van der Waals surface area contributed by atoms with E-state index in [0.29, 0.717) is 19.1 Å². The number of pyridine rings is 1. The van der Waals surface area contributed by atoms with Crippen molar-refractivity contribution < 1.29 is 12.8 Å². The molecule has 0 radical (unpaired) electrons. The summed E-state index contributed by atoms with van der Waals surface area (Å²) in [5, 5.41) is 2.92. The van der Waals surface area contributed by atoms with Gasteiger partial charge in [0.15, 0.2) is 5.82 Å². The van der Waals surface area contributed by atoms with Crippen LogP contribution in [0, 0.1) is 5.82 Å². The van der Waals surface area contributed by atoms with E-state index in [0.717, 1.165) is 38.2 Å². The lowest BCUT2D eigenvalue weighted by molar-refractivity contribution is 0.243. The lowest BCUT2D eigenvalue weighted by Gasteiger charge is -2.34. The fourth-order valence-corrected chi connectivity index (χ4v) is 4.43. The predicted octanol–water partition coefficient (Wildman–Crippen LogP) is 1.52. The molecule has 0 bridgehead atoms. The average Bonchev–Trinajstić information content (AvgIpc) is 3.30. The largest absolute Gasteiger partial charge is 0.312 e. The number of aromatic nitrogens is 1. The van der Waals surface area contributed by atoms with Crippen LogP contribution in [0.3, 0.4) is 0 Å². The van der Waals surface area contributed by atoms with E-state index in [9.17, 15) is 12.8 Å². The smallest absolute Gasteiger partial charge is 0.263 e. The molecular formula is C14H20FN3O2S. The highest BCUT2D eigenvalue weighted by Gasteiger charge is 2.36. The number of halogens is 1. The number of nitrogens with zero attached hydrogens (tertiary/aromatic N) is 2. The van der Waals surface area contributed by atoms with Crippen LogP contribution in [0.5, 0.6) is 0 Å². The zero-order valence-electron chi connectivity index (χ0n) is 11.8. The molecule has 1 aromatic rings. The first kappa shape index (κ1) is 14.9. The highest BCUT2D eigenvalue weighted by atomic mass is 32.2. The van der Waals surface area contributed by atoms with Gasteiger partial charge in [0.25, 0.3) is 10.0 Å². The number of sulfonamides is 1. The van der Waals surface area contributed by atoms with E-state index in [1.807, 2.05) is 0 Å². The van der Waals surface area contributed by atoms with Gasteiger partial charge in [-0.05, 0) is 37.8 Å². The summed E-state index contributed by atoms with van der Waals surface area (Å²) in [5.41, 5.74) is 0. The van der Waals surface area contributed by atoms with Crippen LogP contribution < -0.4 is 5.32 Å². The van der Waals surface area contributed by atoms with Crippen molar-refractivity contribution in [2.75, 3.05) is 13.1 Å². The number of nitrogens with one attached hydrogen (secondary N) is 1. The number of hydrogen-bond donors (Lipinski definition) is 1. The van der Waals surface area contributed by atoms with E-state index in [4.69, 9.17) is 0 Å².